The van der Waals surface area contributed by atoms with Crippen molar-refractivity contribution in [1.82, 2.24) is 0 Å². The molecule has 0 aromatic heterocycles. The molecule has 0 aromatic carbocycles. The van der Waals surface area contributed by atoms with Crippen LogP contribution in [0.15, 0.2) is 20.0 Å². The van der Waals surface area contributed by atoms with Crippen molar-refractivity contribution in [3.05, 3.63) is 0 Å². The number of rotatable bonds is 6. The number of hydrogen-bond acceptors (Lipinski definition) is 8. The van der Waals surface area contributed by atoms with Crippen LogP contribution in [0.4, 0.5) is 0 Å². The minimum Gasteiger partial charge on any atom is -0.227 e. The van der Waals surface area contributed by atoms with Crippen LogP contribution in [-0.4, -0.2) is 44.8 Å². The number of hydrogen-bond donors (Lipinski definition) is 0. The predicted molar refractivity (Wildman–Crippen MR) is 115 cm³/mol. The summed E-state index contributed by atoms with van der Waals surface area (Å²) in [5, 5.41) is 10.1. The van der Waals surface area contributed by atoms with Gasteiger partial charge in [0, 0.05) is 0 Å². The Balaban J connectivity index is 2.21. The average Bonchev–Trinajstić information content (AvgIpc) is 2.61. The Hall–Kier alpha value is -0.800. The second-order valence-corrected chi connectivity index (χ2v) is 7.35. The van der Waals surface area contributed by atoms with Crippen LogP contribution < -0.4 is 0 Å². The van der Waals surface area contributed by atoms with Gasteiger partial charge in [-0.25, -0.2) is 20.0 Å². The lowest BCUT2D eigenvalue weighted by atomic mass is 9.71. The Bertz CT molecular complexity index is 600. The molecule has 4 nitrogen and oxygen atoms in total. The van der Waals surface area contributed by atoms with Crippen LogP contribution in [0.3, 0.4) is 0 Å². The number of isothiocyanates is 4. The Kier molecular flexibility index (Phi) is 9.05. The molecule has 2 aliphatic rings. The first-order valence-electron chi connectivity index (χ1n) is 8.53. The molecular weight excluding hydrogens is 388 g/mol. The summed E-state index contributed by atoms with van der Waals surface area (Å²) >= 11 is 19.3. The standard InChI is InChI=1S/C17H20N4S4/c22-8-18-14-5-1-3-12(16(14)20-10-24)7-13-4-2-6-15(19-9-23)17(13)21-11-25/h12-17H,1-7H2. The van der Waals surface area contributed by atoms with Crippen LogP contribution in [0.25, 0.3) is 0 Å². The van der Waals surface area contributed by atoms with E-state index in [1.807, 2.05) is 0 Å². The maximum Gasteiger partial charge on any atom is 0.0862 e. The second-order valence-electron chi connectivity index (χ2n) is 6.62. The van der Waals surface area contributed by atoms with Gasteiger partial charge in [0.15, 0.2) is 0 Å². The minimum absolute atomic E-state index is 0.0215. The van der Waals surface area contributed by atoms with Crippen LogP contribution in [0.1, 0.15) is 44.9 Å². The molecule has 0 aliphatic heterocycles. The highest BCUT2D eigenvalue weighted by Crippen LogP contribution is 2.39. The van der Waals surface area contributed by atoms with Crippen molar-refractivity contribution in [1.29, 1.82) is 0 Å². The quantitative estimate of drug-likeness (QED) is 0.465. The molecule has 2 saturated carbocycles. The van der Waals surface area contributed by atoms with Crippen LogP contribution >= 0.6 is 48.9 Å². The monoisotopic (exact) mass is 408 g/mol. The zero-order chi connectivity index (χ0) is 18.1. The van der Waals surface area contributed by atoms with Gasteiger partial charge in [0.1, 0.15) is 0 Å². The summed E-state index contributed by atoms with van der Waals surface area (Å²) in [5.74, 6) is 0.758. The molecule has 0 aromatic rings. The lowest BCUT2D eigenvalue weighted by Crippen LogP contribution is -2.41. The zero-order valence-corrected chi connectivity index (χ0v) is 17.1. The molecular formula is C17H20N4S4. The number of thiocarbonyl (C=S) groups is 4. The minimum atomic E-state index is 0.0215. The van der Waals surface area contributed by atoms with E-state index >= 15 is 0 Å². The van der Waals surface area contributed by atoms with Gasteiger partial charge in [0.2, 0.25) is 0 Å². The van der Waals surface area contributed by atoms with Gasteiger partial charge < -0.3 is 0 Å². The highest BCUT2D eigenvalue weighted by Gasteiger charge is 2.39. The van der Waals surface area contributed by atoms with Gasteiger partial charge in [-0.2, -0.15) is 0 Å². The van der Waals surface area contributed by atoms with E-state index in [2.05, 4.69) is 40.6 Å². The van der Waals surface area contributed by atoms with Crippen molar-refractivity contribution in [2.75, 3.05) is 0 Å². The third-order valence-corrected chi connectivity index (χ3v) is 5.77. The summed E-state index contributed by atoms with van der Waals surface area (Å²) in [5.41, 5.74) is 0. The predicted octanol–water partition coefficient (Wildman–Crippen LogP) is 4.86. The lowest BCUT2D eigenvalue weighted by Gasteiger charge is -2.38. The molecule has 2 fully saturated rings. The van der Waals surface area contributed by atoms with E-state index in [0.717, 1.165) is 44.9 Å². The van der Waals surface area contributed by atoms with Crippen LogP contribution in [0, 0.1) is 11.8 Å². The smallest absolute Gasteiger partial charge is 0.0862 e. The van der Waals surface area contributed by atoms with Crippen LogP contribution in [-0.2, 0) is 0 Å². The molecule has 0 spiro atoms. The van der Waals surface area contributed by atoms with Crippen molar-refractivity contribution >= 4 is 69.5 Å². The van der Waals surface area contributed by atoms with Crippen LogP contribution in [0.5, 0.6) is 0 Å². The molecule has 2 aliphatic carbocycles. The summed E-state index contributed by atoms with van der Waals surface area (Å²) in [7, 11) is 0. The third kappa shape index (κ3) is 5.59. The molecule has 2 rings (SSSR count). The maximum atomic E-state index is 4.86. The second kappa shape index (κ2) is 11.0. The number of nitrogens with zero attached hydrogens (tertiary/aromatic N) is 4. The molecule has 6 unspecified atom stereocenters. The van der Waals surface area contributed by atoms with E-state index in [4.69, 9.17) is 48.9 Å². The van der Waals surface area contributed by atoms with Crippen molar-refractivity contribution in [2.45, 2.75) is 69.1 Å². The Morgan fingerprint density at radius 1 is 0.600 bits per heavy atom. The largest absolute Gasteiger partial charge is 0.227 e. The van der Waals surface area contributed by atoms with Crippen molar-refractivity contribution < 1.29 is 0 Å². The first kappa shape index (κ1) is 20.5. The first-order chi connectivity index (χ1) is 12.2. The molecule has 6 atom stereocenters. The maximum absolute atomic E-state index is 4.86. The summed E-state index contributed by atoms with van der Waals surface area (Å²) in [6, 6.07) is 0.150. The molecule has 0 heterocycles. The Labute approximate surface area is 170 Å². The fourth-order valence-corrected chi connectivity index (χ4v) is 4.83. The van der Waals surface area contributed by atoms with E-state index in [-0.39, 0.29) is 24.2 Å². The van der Waals surface area contributed by atoms with Gasteiger partial charge in [-0.3, -0.25) is 0 Å². The molecule has 0 N–H and O–H groups in total. The topological polar surface area (TPSA) is 49.4 Å². The van der Waals surface area contributed by atoms with Gasteiger partial charge in [-0.15, -0.1) is 0 Å². The summed E-state index contributed by atoms with van der Waals surface area (Å²) in [6.45, 7) is 0. The SMILES string of the molecule is S=C=NC1CCCC(CC2CCCC(N=C=S)C2N=C=S)C1N=C=S. The Morgan fingerprint density at radius 3 is 1.36 bits per heavy atom. The highest BCUT2D eigenvalue weighted by atomic mass is 32.1. The van der Waals surface area contributed by atoms with Crippen molar-refractivity contribution in [2.24, 2.45) is 31.8 Å². The normalized spacial score (nSPS) is 34.4. The van der Waals surface area contributed by atoms with Gasteiger partial charge in [-0.1, -0.05) is 12.8 Å². The Morgan fingerprint density at radius 2 is 1.00 bits per heavy atom. The summed E-state index contributed by atoms with van der Waals surface area (Å²) < 4.78 is 0. The molecule has 0 radical (unpaired) electrons. The van der Waals surface area contributed by atoms with Gasteiger partial charge in [0.25, 0.3) is 0 Å². The van der Waals surface area contributed by atoms with Gasteiger partial charge >= 0.3 is 0 Å². The van der Waals surface area contributed by atoms with Crippen molar-refractivity contribution in [3.63, 3.8) is 0 Å². The van der Waals surface area contributed by atoms with Gasteiger partial charge in [-0.05, 0) is 92.8 Å². The van der Waals surface area contributed by atoms with E-state index in [1.165, 1.54) is 0 Å². The average molecular weight is 409 g/mol. The first-order valence-corrected chi connectivity index (χ1v) is 10.2. The van der Waals surface area contributed by atoms with E-state index in [1.54, 1.807) is 0 Å². The zero-order valence-electron chi connectivity index (χ0n) is 13.8. The summed E-state index contributed by atoms with van der Waals surface area (Å²) in [4.78, 5) is 17.5. The molecule has 25 heavy (non-hydrogen) atoms. The fraction of sp³-hybridized carbons (Fsp3) is 0.765. The molecule has 0 saturated heterocycles. The number of aliphatic imine (C=N–C) groups is 4. The van der Waals surface area contributed by atoms with E-state index in [9.17, 15) is 0 Å². The summed E-state index contributed by atoms with van der Waals surface area (Å²) in [6.07, 6.45) is 7.33. The third-order valence-electron chi connectivity index (χ3n) is 5.35. The highest BCUT2D eigenvalue weighted by molar-refractivity contribution is 7.78. The van der Waals surface area contributed by atoms with E-state index in [0.29, 0.717) is 11.8 Å². The van der Waals surface area contributed by atoms with Crippen molar-refractivity contribution in [3.8, 4) is 0 Å². The molecule has 0 bridgehead atoms. The van der Waals surface area contributed by atoms with Crippen LogP contribution in [0.2, 0.25) is 0 Å². The van der Waals surface area contributed by atoms with E-state index < -0.39 is 0 Å². The molecule has 0 amide bonds. The lowest BCUT2D eigenvalue weighted by molar-refractivity contribution is 0.183. The fourth-order valence-electron chi connectivity index (χ4n) is 4.31. The van der Waals surface area contributed by atoms with Gasteiger partial charge in [0.05, 0.1) is 44.8 Å². The molecule has 8 heteroatoms. The molecule has 132 valence electrons.